The first-order chi connectivity index (χ1) is 9.79. The monoisotopic (exact) mass is 275 g/mol. The molecular formula is C16H25N3O. The first kappa shape index (κ1) is 15.0. The van der Waals surface area contributed by atoms with Gasteiger partial charge in [0.2, 0.25) is 5.91 Å². The van der Waals surface area contributed by atoms with E-state index in [0.29, 0.717) is 13.0 Å². The van der Waals surface area contributed by atoms with Crippen molar-refractivity contribution in [1.82, 2.24) is 9.80 Å². The molecule has 0 bridgehead atoms. The predicted molar refractivity (Wildman–Crippen MR) is 81.5 cm³/mol. The second-order valence-corrected chi connectivity index (χ2v) is 5.35. The molecular weight excluding hydrogens is 250 g/mol. The lowest BCUT2D eigenvalue weighted by atomic mass is 10.1. The van der Waals surface area contributed by atoms with Crippen LogP contribution in [0, 0.1) is 0 Å². The van der Waals surface area contributed by atoms with Gasteiger partial charge in [-0.05, 0) is 24.9 Å². The molecule has 2 N–H and O–H groups in total. The van der Waals surface area contributed by atoms with Gasteiger partial charge in [-0.15, -0.1) is 0 Å². The smallest absolute Gasteiger partial charge is 0.222 e. The zero-order chi connectivity index (χ0) is 14.2. The van der Waals surface area contributed by atoms with Crippen LogP contribution in [-0.4, -0.2) is 55.0 Å². The number of rotatable bonds is 5. The highest BCUT2D eigenvalue weighted by Gasteiger charge is 2.18. The molecule has 0 aromatic heterocycles. The molecule has 20 heavy (non-hydrogen) atoms. The van der Waals surface area contributed by atoms with Crippen LogP contribution >= 0.6 is 0 Å². The number of nitrogens with zero attached hydrogens (tertiary/aromatic N) is 2. The van der Waals surface area contributed by atoms with E-state index >= 15 is 0 Å². The topological polar surface area (TPSA) is 49.6 Å². The lowest BCUT2D eigenvalue weighted by molar-refractivity contribution is -0.131. The number of carbonyl (C=O) groups is 1. The van der Waals surface area contributed by atoms with E-state index < -0.39 is 0 Å². The van der Waals surface area contributed by atoms with Crippen molar-refractivity contribution in [3.63, 3.8) is 0 Å². The van der Waals surface area contributed by atoms with Gasteiger partial charge in [-0.25, -0.2) is 0 Å². The van der Waals surface area contributed by atoms with E-state index in [-0.39, 0.29) is 5.91 Å². The van der Waals surface area contributed by atoms with Crippen molar-refractivity contribution in [3.8, 4) is 0 Å². The molecule has 1 aliphatic rings. The SMILES string of the molecule is NCCN1CCCN(C(=O)CCc2ccccc2)CC1. The fraction of sp³-hybridized carbons (Fsp3) is 0.562. The predicted octanol–water partition coefficient (Wildman–Crippen LogP) is 1.11. The average Bonchev–Trinajstić information content (AvgIpc) is 2.72. The van der Waals surface area contributed by atoms with Crippen molar-refractivity contribution in [2.45, 2.75) is 19.3 Å². The summed E-state index contributed by atoms with van der Waals surface area (Å²) in [6.45, 7) is 5.37. The Balaban J connectivity index is 1.77. The Morgan fingerprint density at radius 1 is 1.10 bits per heavy atom. The van der Waals surface area contributed by atoms with Gasteiger partial charge in [-0.1, -0.05) is 30.3 Å². The highest BCUT2D eigenvalue weighted by atomic mass is 16.2. The highest BCUT2D eigenvalue weighted by molar-refractivity contribution is 5.76. The number of nitrogens with two attached hydrogens (primary N) is 1. The molecule has 0 spiro atoms. The molecule has 0 saturated carbocycles. The highest BCUT2D eigenvalue weighted by Crippen LogP contribution is 2.08. The third kappa shape index (κ3) is 4.62. The summed E-state index contributed by atoms with van der Waals surface area (Å²) >= 11 is 0. The third-order valence-electron chi connectivity index (χ3n) is 3.86. The van der Waals surface area contributed by atoms with E-state index in [1.807, 2.05) is 23.1 Å². The lowest BCUT2D eigenvalue weighted by Crippen LogP contribution is -2.36. The number of amides is 1. The van der Waals surface area contributed by atoms with Crippen molar-refractivity contribution < 1.29 is 4.79 Å². The van der Waals surface area contributed by atoms with Crippen molar-refractivity contribution >= 4 is 5.91 Å². The first-order valence-corrected chi connectivity index (χ1v) is 7.53. The molecule has 1 aromatic rings. The summed E-state index contributed by atoms with van der Waals surface area (Å²) < 4.78 is 0. The van der Waals surface area contributed by atoms with Gasteiger partial charge in [-0.2, -0.15) is 0 Å². The molecule has 0 atom stereocenters. The van der Waals surface area contributed by atoms with Crippen molar-refractivity contribution in [2.24, 2.45) is 5.73 Å². The van der Waals surface area contributed by atoms with Crippen molar-refractivity contribution in [3.05, 3.63) is 35.9 Å². The molecule has 4 nitrogen and oxygen atoms in total. The standard InChI is InChI=1S/C16H25N3O/c17-9-12-18-10-4-11-19(14-13-18)16(20)8-7-15-5-2-1-3-6-15/h1-3,5-6H,4,7-14,17H2. The van der Waals surface area contributed by atoms with Gasteiger partial charge >= 0.3 is 0 Å². The maximum atomic E-state index is 12.3. The Bertz CT molecular complexity index is 407. The van der Waals surface area contributed by atoms with Gasteiger partial charge in [0, 0.05) is 39.1 Å². The second kappa shape index (κ2) is 8.02. The van der Waals surface area contributed by atoms with Gasteiger partial charge < -0.3 is 15.5 Å². The van der Waals surface area contributed by atoms with Gasteiger partial charge in [0.1, 0.15) is 0 Å². The Kier molecular flexibility index (Phi) is 6.02. The minimum Gasteiger partial charge on any atom is -0.341 e. The van der Waals surface area contributed by atoms with Crippen LogP contribution in [0.25, 0.3) is 0 Å². The molecule has 1 fully saturated rings. The van der Waals surface area contributed by atoms with Gasteiger partial charge in [0.25, 0.3) is 0 Å². The van der Waals surface area contributed by atoms with Gasteiger partial charge in [0.05, 0.1) is 0 Å². The van der Waals surface area contributed by atoms with Crippen LogP contribution in [0.3, 0.4) is 0 Å². The Morgan fingerprint density at radius 2 is 1.90 bits per heavy atom. The van der Waals surface area contributed by atoms with Crippen LogP contribution in [0.5, 0.6) is 0 Å². The Hall–Kier alpha value is -1.39. The normalized spacial score (nSPS) is 16.9. The Morgan fingerprint density at radius 3 is 2.65 bits per heavy atom. The zero-order valence-electron chi connectivity index (χ0n) is 12.1. The number of aryl methyl sites for hydroxylation is 1. The molecule has 0 radical (unpaired) electrons. The fourth-order valence-corrected chi connectivity index (χ4v) is 2.68. The largest absolute Gasteiger partial charge is 0.341 e. The summed E-state index contributed by atoms with van der Waals surface area (Å²) in [6.07, 6.45) is 2.50. The minimum absolute atomic E-state index is 0.281. The number of hydrogen-bond acceptors (Lipinski definition) is 3. The molecule has 1 amide bonds. The molecule has 1 saturated heterocycles. The average molecular weight is 275 g/mol. The Labute approximate surface area is 121 Å². The van der Waals surface area contributed by atoms with Crippen molar-refractivity contribution in [1.29, 1.82) is 0 Å². The summed E-state index contributed by atoms with van der Waals surface area (Å²) in [7, 11) is 0. The van der Waals surface area contributed by atoms with Crippen LogP contribution in [-0.2, 0) is 11.2 Å². The second-order valence-electron chi connectivity index (χ2n) is 5.35. The molecule has 4 heteroatoms. The minimum atomic E-state index is 0.281. The molecule has 110 valence electrons. The van der Waals surface area contributed by atoms with E-state index in [9.17, 15) is 4.79 Å². The summed E-state index contributed by atoms with van der Waals surface area (Å²) in [5.41, 5.74) is 6.83. The van der Waals surface area contributed by atoms with Crippen molar-refractivity contribution in [2.75, 3.05) is 39.3 Å². The van der Waals surface area contributed by atoms with Crippen LogP contribution in [0.15, 0.2) is 30.3 Å². The van der Waals surface area contributed by atoms with Crippen LogP contribution in [0.2, 0.25) is 0 Å². The molecule has 0 aliphatic carbocycles. The lowest BCUT2D eigenvalue weighted by Gasteiger charge is -2.21. The maximum absolute atomic E-state index is 12.3. The van der Waals surface area contributed by atoms with Gasteiger partial charge in [-0.3, -0.25) is 4.79 Å². The van der Waals surface area contributed by atoms with E-state index in [0.717, 1.165) is 45.6 Å². The number of carbonyl (C=O) groups excluding carboxylic acids is 1. The maximum Gasteiger partial charge on any atom is 0.222 e. The summed E-state index contributed by atoms with van der Waals surface area (Å²) in [5, 5.41) is 0. The molecule has 1 aromatic carbocycles. The van der Waals surface area contributed by atoms with Crippen LogP contribution in [0.4, 0.5) is 0 Å². The third-order valence-corrected chi connectivity index (χ3v) is 3.86. The summed E-state index contributed by atoms with van der Waals surface area (Å²) in [5.74, 6) is 0.281. The summed E-state index contributed by atoms with van der Waals surface area (Å²) in [6, 6.07) is 10.2. The zero-order valence-corrected chi connectivity index (χ0v) is 12.1. The summed E-state index contributed by atoms with van der Waals surface area (Å²) in [4.78, 5) is 16.6. The molecule has 1 aliphatic heterocycles. The van der Waals surface area contributed by atoms with E-state index in [2.05, 4.69) is 17.0 Å². The van der Waals surface area contributed by atoms with Gasteiger partial charge in [0.15, 0.2) is 0 Å². The number of hydrogen-bond donors (Lipinski definition) is 1. The fourth-order valence-electron chi connectivity index (χ4n) is 2.68. The first-order valence-electron chi connectivity index (χ1n) is 7.53. The number of benzene rings is 1. The molecule has 2 rings (SSSR count). The van der Waals surface area contributed by atoms with Crippen LogP contribution in [0.1, 0.15) is 18.4 Å². The van der Waals surface area contributed by atoms with E-state index in [1.54, 1.807) is 0 Å². The van der Waals surface area contributed by atoms with Crippen LogP contribution < -0.4 is 5.73 Å². The van der Waals surface area contributed by atoms with E-state index in [4.69, 9.17) is 5.73 Å². The molecule has 1 heterocycles. The quantitative estimate of drug-likeness (QED) is 0.876. The van der Waals surface area contributed by atoms with E-state index in [1.165, 1.54) is 5.56 Å². The molecule has 0 unspecified atom stereocenters.